The SMILES string of the molecule is O=[N+]([O-])c1ccc(CNC2CC(O)C2)s1. The van der Waals surface area contributed by atoms with Crippen LogP contribution in [0.3, 0.4) is 0 Å². The monoisotopic (exact) mass is 228 g/mol. The first-order valence-corrected chi connectivity index (χ1v) is 5.61. The summed E-state index contributed by atoms with van der Waals surface area (Å²) in [4.78, 5) is 11.0. The van der Waals surface area contributed by atoms with Crippen molar-refractivity contribution in [1.29, 1.82) is 0 Å². The van der Waals surface area contributed by atoms with Crippen molar-refractivity contribution in [2.24, 2.45) is 0 Å². The molecule has 15 heavy (non-hydrogen) atoms. The van der Waals surface area contributed by atoms with Crippen LogP contribution in [-0.2, 0) is 6.54 Å². The number of nitrogens with one attached hydrogen (secondary N) is 1. The van der Waals surface area contributed by atoms with E-state index in [0.29, 0.717) is 12.6 Å². The van der Waals surface area contributed by atoms with Gasteiger partial charge in [-0.3, -0.25) is 10.1 Å². The van der Waals surface area contributed by atoms with Crippen molar-refractivity contribution in [3.63, 3.8) is 0 Å². The Balaban J connectivity index is 1.81. The Labute approximate surface area is 90.9 Å². The minimum Gasteiger partial charge on any atom is -0.393 e. The molecule has 6 heteroatoms. The molecule has 2 rings (SSSR count). The van der Waals surface area contributed by atoms with Crippen LogP contribution < -0.4 is 5.32 Å². The molecule has 0 aromatic carbocycles. The van der Waals surface area contributed by atoms with Crippen molar-refractivity contribution < 1.29 is 10.0 Å². The highest BCUT2D eigenvalue weighted by atomic mass is 32.1. The quantitative estimate of drug-likeness (QED) is 0.601. The zero-order chi connectivity index (χ0) is 10.8. The van der Waals surface area contributed by atoms with Crippen molar-refractivity contribution in [2.45, 2.75) is 31.5 Å². The van der Waals surface area contributed by atoms with Gasteiger partial charge in [-0.05, 0) is 18.9 Å². The van der Waals surface area contributed by atoms with Gasteiger partial charge in [-0.2, -0.15) is 0 Å². The molecule has 0 spiro atoms. The van der Waals surface area contributed by atoms with Gasteiger partial charge in [0.1, 0.15) is 0 Å². The van der Waals surface area contributed by atoms with Gasteiger partial charge in [0.2, 0.25) is 0 Å². The van der Waals surface area contributed by atoms with Crippen LogP contribution in [-0.4, -0.2) is 22.2 Å². The molecule has 1 aliphatic carbocycles. The summed E-state index contributed by atoms with van der Waals surface area (Å²) in [6.07, 6.45) is 1.40. The van der Waals surface area contributed by atoms with Gasteiger partial charge in [-0.25, -0.2) is 0 Å². The normalized spacial score (nSPS) is 24.9. The summed E-state index contributed by atoms with van der Waals surface area (Å²) in [7, 11) is 0. The Hall–Kier alpha value is -0.980. The fraction of sp³-hybridized carbons (Fsp3) is 0.556. The van der Waals surface area contributed by atoms with Crippen LogP contribution in [0.1, 0.15) is 17.7 Å². The Bertz CT molecular complexity index is 360. The van der Waals surface area contributed by atoms with E-state index in [1.165, 1.54) is 17.4 Å². The van der Waals surface area contributed by atoms with E-state index in [9.17, 15) is 10.1 Å². The maximum absolute atomic E-state index is 10.4. The van der Waals surface area contributed by atoms with Crippen LogP contribution in [0, 0.1) is 10.1 Å². The highest BCUT2D eigenvalue weighted by Crippen LogP contribution is 2.25. The maximum atomic E-state index is 10.4. The largest absolute Gasteiger partial charge is 0.393 e. The van der Waals surface area contributed by atoms with E-state index in [0.717, 1.165) is 17.7 Å². The van der Waals surface area contributed by atoms with E-state index >= 15 is 0 Å². The first-order chi connectivity index (χ1) is 7.15. The molecule has 0 bridgehead atoms. The summed E-state index contributed by atoms with van der Waals surface area (Å²) < 4.78 is 0. The lowest BCUT2D eigenvalue weighted by molar-refractivity contribution is -0.380. The molecular weight excluding hydrogens is 216 g/mol. The van der Waals surface area contributed by atoms with Crippen LogP contribution in [0.2, 0.25) is 0 Å². The second kappa shape index (κ2) is 4.26. The third-order valence-corrected chi connectivity index (χ3v) is 3.54. The molecule has 2 N–H and O–H groups in total. The molecular formula is C9H12N2O3S. The molecule has 0 aliphatic heterocycles. The van der Waals surface area contributed by atoms with Gasteiger partial charge in [0.15, 0.2) is 0 Å². The van der Waals surface area contributed by atoms with E-state index in [-0.39, 0.29) is 16.0 Å². The molecule has 1 aromatic heterocycles. The van der Waals surface area contributed by atoms with Crippen molar-refractivity contribution >= 4 is 16.3 Å². The molecule has 1 heterocycles. The summed E-state index contributed by atoms with van der Waals surface area (Å²) in [6, 6.07) is 3.66. The Morgan fingerprint density at radius 1 is 1.60 bits per heavy atom. The number of hydrogen-bond donors (Lipinski definition) is 2. The Morgan fingerprint density at radius 3 is 2.87 bits per heavy atom. The van der Waals surface area contributed by atoms with Gasteiger partial charge >= 0.3 is 5.00 Å². The predicted octanol–water partition coefficient (Wildman–Crippen LogP) is 1.27. The minimum absolute atomic E-state index is 0.167. The third-order valence-electron chi connectivity index (χ3n) is 2.51. The van der Waals surface area contributed by atoms with Gasteiger partial charge in [-0.15, -0.1) is 0 Å². The highest BCUT2D eigenvalue weighted by Gasteiger charge is 2.26. The van der Waals surface area contributed by atoms with E-state index < -0.39 is 0 Å². The molecule has 1 fully saturated rings. The second-order valence-corrected chi connectivity index (χ2v) is 4.85. The van der Waals surface area contributed by atoms with Crippen LogP contribution >= 0.6 is 11.3 Å². The first kappa shape index (κ1) is 10.5. The zero-order valence-corrected chi connectivity index (χ0v) is 8.87. The predicted molar refractivity (Wildman–Crippen MR) is 56.8 cm³/mol. The summed E-state index contributed by atoms with van der Waals surface area (Å²) in [6.45, 7) is 0.649. The number of rotatable bonds is 4. The van der Waals surface area contributed by atoms with Gasteiger partial charge in [0, 0.05) is 23.5 Å². The molecule has 82 valence electrons. The number of aliphatic hydroxyl groups excluding tert-OH is 1. The molecule has 1 aliphatic rings. The number of thiophene rings is 1. The number of nitrogens with zero attached hydrogens (tertiary/aromatic N) is 1. The average molecular weight is 228 g/mol. The fourth-order valence-corrected chi connectivity index (χ4v) is 2.33. The zero-order valence-electron chi connectivity index (χ0n) is 8.05. The number of nitro groups is 1. The number of hydrogen-bond acceptors (Lipinski definition) is 5. The van der Waals surface area contributed by atoms with Crippen molar-refractivity contribution in [3.8, 4) is 0 Å². The van der Waals surface area contributed by atoms with Crippen molar-refractivity contribution in [2.75, 3.05) is 0 Å². The first-order valence-electron chi connectivity index (χ1n) is 4.79. The third kappa shape index (κ3) is 2.53. The van der Waals surface area contributed by atoms with E-state index in [4.69, 9.17) is 5.11 Å². The van der Waals surface area contributed by atoms with E-state index in [1.54, 1.807) is 6.07 Å². The molecule has 5 nitrogen and oxygen atoms in total. The lowest BCUT2D eigenvalue weighted by Crippen LogP contribution is -2.43. The number of aliphatic hydroxyl groups is 1. The Morgan fingerprint density at radius 2 is 2.33 bits per heavy atom. The average Bonchev–Trinajstić information content (AvgIpc) is 2.59. The van der Waals surface area contributed by atoms with Crippen LogP contribution in [0.4, 0.5) is 5.00 Å². The van der Waals surface area contributed by atoms with Crippen LogP contribution in [0.15, 0.2) is 12.1 Å². The van der Waals surface area contributed by atoms with E-state index in [2.05, 4.69) is 5.32 Å². The minimum atomic E-state index is -0.374. The van der Waals surface area contributed by atoms with Gasteiger partial charge in [0.25, 0.3) is 0 Å². The van der Waals surface area contributed by atoms with Crippen molar-refractivity contribution in [3.05, 3.63) is 27.1 Å². The Kier molecular flexibility index (Phi) is 2.99. The van der Waals surface area contributed by atoms with Gasteiger partial charge in [-0.1, -0.05) is 11.3 Å². The molecule has 0 unspecified atom stereocenters. The summed E-state index contributed by atoms with van der Waals surface area (Å²) in [5.41, 5.74) is 0. The van der Waals surface area contributed by atoms with Gasteiger partial charge < -0.3 is 10.4 Å². The molecule has 0 radical (unpaired) electrons. The fourth-order valence-electron chi connectivity index (χ4n) is 1.56. The molecule has 1 saturated carbocycles. The topological polar surface area (TPSA) is 75.4 Å². The van der Waals surface area contributed by atoms with Crippen LogP contribution in [0.25, 0.3) is 0 Å². The van der Waals surface area contributed by atoms with E-state index in [1.807, 2.05) is 0 Å². The second-order valence-electron chi connectivity index (χ2n) is 3.70. The highest BCUT2D eigenvalue weighted by molar-refractivity contribution is 7.15. The lowest BCUT2D eigenvalue weighted by Gasteiger charge is -2.31. The molecule has 0 amide bonds. The maximum Gasteiger partial charge on any atom is 0.324 e. The molecule has 0 atom stereocenters. The molecule has 1 aromatic rings. The summed E-state index contributed by atoms with van der Waals surface area (Å²) in [5, 5.41) is 22.9. The van der Waals surface area contributed by atoms with Gasteiger partial charge in [0.05, 0.1) is 11.0 Å². The summed E-state index contributed by atoms with van der Waals surface area (Å²) in [5.74, 6) is 0. The molecule has 0 saturated heterocycles. The summed E-state index contributed by atoms with van der Waals surface area (Å²) >= 11 is 1.19. The van der Waals surface area contributed by atoms with Crippen LogP contribution in [0.5, 0.6) is 0 Å². The smallest absolute Gasteiger partial charge is 0.324 e. The standard InChI is InChI=1S/C9H12N2O3S/c12-7-3-6(4-7)10-5-8-1-2-9(15-8)11(13)14/h1-2,6-7,10,12H,3-5H2. The van der Waals surface area contributed by atoms with Crippen molar-refractivity contribution in [1.82, 2.24) is 5.32 Å². The lowest BCUT2D eigenvalue weighted by atomic mass is 9.89.